The van der Waals surface area contributed by atoms with E-state index in [9.17, 15) is 5.26 Å². The third kappa shape index (κ3) is 3.50. The second-order valence-electron chi connectivity index (χ2n) is 5.88. The summed E-state index contributed by atoms with van der Waals surface area (Å²) in [6.07, 6.45) is 0. The molecule has 1 heterocycles. The molecule has 2 rings (SSSR count). The largest absolute Gasteiger partial charge is 0.339 e. The molecule has 0 aliphatic heterocycles. The molecule has 1 N–H and O–H groups in total. The molecule has 0 atom stereocenters. The van der Waals surface area contributed by atoms with Crippen molar-refractivity contribution in [1.29, 1.82) is 5.26 Å². The van der Waals surface area contributed by atoms with Gasteiger partial charge in [0, 0.05) is 11.5 Å². The summed E-state index contributed by atoms with van der Waals surface area (Å²) in [7, 11) is 0. The first kappa shape index (κ1) is 15.3. The quantitative estimate of drug-likeness (QED) is 0.837. The van der Waals surface area contributed by atoms with Crippen molar-refractivity contribution in [2.45, 2.75) is 33.1 Å². The van der Waals surface area contributed by atoms with Gasteiger partial charge in [0.15, 0.2) is 0 Å². The minimum absolute atomic E-state index is 0.202. The molecule has 0 spiro atoms. The van der Waals surface area contributed by atoms with Crippen LogP contribution in [0.5, 0.6) is 0 Å². The highest BCUT2D eigenvalue weighted by Gasteiger charge is 2.19. The van der Waals surface area contributed by atoms with Gasteiger partial charge in [0.1, 0.15) is 22.9 Å². The zero-order chi connectivity index (χ0) is 15.6. The van der Waals surface area contributed by atoms with E-state index in [2.05, 4.69) is 21.4 Å². The first-order valence-electron chi connectivity index (χ1n) is 6.63. The molecule has 0 saturated carbocycles. The van der Waals surface area contributed by atoms with E-state index in [0.29, 0.717) is 28.0 Å². The van der Waals surface area contributed by atoms with Crippen LogP contribution in [0.3, 0.4) is 0 Å². The number of anilines is 2. The molecule has 108 valence electrons. The van der Waals surface area contributed by atoms with Crippen molar-refractivity contribution >= 4 is 23.1 Å². The van der Waals surface area contributed by atoms with Crippen LogP contribution in [0.1, 0.15) is 37.7 Å². The van der Waals surface area contributed by atoms with E-state index < -0.39 is 0 Å². The fraction of sp³-hybridized carbons (Fsp3) is 0.312. The fourth-order valence-electron chi connectivity index (χ4n) is 1.88. The number of hydrogen-bond donors (Lipinski definition) is 1. The maximum absolute atomic E-state index is 9.27. The van der Waals surface area contributed by atoms with Gasteiger partial charge < -0.3 is 5.32 Å². The highest BCUT2D eigenvalue weighted by Crippen LogP contribution is 2.26. The summed E-state index contributed by atoms with van der Waals surface area (Å²) < 4.78 is 0. The van der Waals surface area contributed by atoms with Crippen molar-refractivity contribution in [2.24, 2.45) is 0 Å². The second kappa shape index (κ2) is 5.71. The maximum Gasteiger partial charge on any atom is 0.137 e. The SMILES string of the molecule is Cc1cccc(Nc2cc(Cl)nc(C(C)(C)C)n2)c1C#N. The number of rotatable bonds is 2. The monoisotopic (exact) mass is 300 g/mol. The molecule has 0 saturated heterocycles. The number of aryl methyl sites for hydroxylation is 1. The summed E-state index contributed by atoms with van der Waals surface area (Å²) in [5, 5.41) is 12.8. The summed E-state index contributed by atoms with van der Waals surface area (Å²) in [6, 6.07) is 9.50. The van der Waals surface area contributed by atoms with Crippen LogP contribution < -0.4 is 5.32 Å². The Balaban J connectivity index is 2.44. The van der Waals surface area contributed by atoms with Crippen molar-refractivity contribution in [3.63, 3.8) is 0 Å². The third-order valence-corrected chi connectivity index (χ3v) is 3.21. The van der Waals surface area contributed by atoms with Crippen LogP contribution in [0.2, 0.25) is 5.15 Å². The maximum atomic E-state index is 9.27. The minimum atomic E-state index is -0.202. The predicted molar refractivity (Wildman–Crippen MR) is 84.9 cm³/mol. The Bertz CT molecular complexity index is 711. The van der Waals surface area contributed by atoms with Gasteiger partial charge in [0.2, 0.25) is 0 Å². The first-order chi connectivity index (χ1) is 9.81. The Morgan fingerprint density at radius 2 is 1.95 bits per heavy atom. The Labute approximate surface area is 129 Å². The van der Waals surface area contributed by atoms with Gasteiger partial charge in [-0.2, -0.15) is 5.26 Å². The van der Waals surface area contributed by atoms with Gasteiger partial charge in [0.25, 0.3) is 0 Å². The van der Waals surface area contributed by atoms with E-state index in [4.69, 9.17) is 11.6 Å². The number of nitriles is 1. The van der Waals surface area contributed by atoms with Crippen LogP contribution >= 0.6 is 11.6 Å². The number of halogens is 1. The summed E-state index contributed by atoms with van der Waals surface area (Å²) in [5.74, 6) is 1.24. The van der Waals surface area contributed by atoms with Crippen LogP contribution in [-0.2, 0) is 5.41 Å². The lowest BCUT2D eigenvalue weighted by Crippen LogP contribution is -2.17. The summed E-state index contributed by atoms with van der Waals surface area (Å²) >= 11 is 6.07. The highest BCUT2D eigenvalue weighted by molar-refractivity contribution is 6.29. The van der Waals surface area contributed by atoms with Gasteiger partial charge in [-0.15, -0.1) is 0 Å². The van der Waals surface area contributed by atoms with Gasteiger partial charge in [-0.1, -0.05) is 44.5 Å². The van der Waals surface area contributed by atoms with Gasteiger partial charge in [-0.25, -0.2) is 9.97 Å². The number of hydrogen-bond acceptors (Lipinski definition) is 4. The Morgan fingerprint density at radius 3 is 2.57 bits per heavy atom. The number of aromatic nitrogens is 2. The number of nitrogens with one attached hydrogen (secondary N) is 1. The summed E-state index contributed by atoms with van der Waals surface area (Å²) in [5.41, 5.74) is 2.03. The van der Waals surface area contributed by atoms with Crippen LogP contribution in [-0.4, -0.2) is 9.97 Å². The summed E-state index contributed by atoms with van der Waals surface area (Å²) in [4.78, 5) is 8.75. The zero-order valence-corrected chi connectivity index (χ0v) is 13.3. The Hall–Kier alpha value is -2.12. The second-order valence-corrected chi connectivity index (χ2v) is 6.27. The van der Waals surface area contributed by atoms with E-state index >= 15 is 0 Å². The average molecular weight is 301 g/mol. The molecule has 0 fully saturated rings. The van der Waals surface area contributed by atoms with Crippen molar-refractivity contribution in [3.05, 3.63) is 46.4 Å². The molecule has 2 aromatic rings. The molecule has 1 aromatic carbocycles. The molecule has 5 heteroatoms. The van der Waals surface area contributed by atoms with E-state index in [1.165, 1.54) is 0 Å². The molecule has 0 bridgehead atoms. The number of benzene rings is 1. The molecule has 4 nitrogen and oxygen atoms in total. The van der Waals surface area contributed by atoms with Crippen molar-refractivity contribution in [2.75, 3.05) is 5.32 Å². The number of nitrogens with zero attached hydrogens (tertiary/aromatic N) is 3. The molecule has 0 aliphatic rings. The van der Waals surface area contributed by atoms with Gasteiger partial charge in [-0.3, -0.25) is 0 Å². The lowest BCUT2D eigenvalue weighted by atomic mass is 9.96. The average Bonchev–Trinajstić information content (AvgIpc) is 2.37. The van der Waals surface area contributed by atoms with Crippen LogP contribution in [0.25, 0.3) is 0 Å². The van der Waals surface area contributed by atoms with Gasteiger partial charge in [0.05, 0.1) is 11.3 Å². The molecule has 0 aliphatic carbocycles. The van der Waals surface area contributed by atoms with E-state index in [0.717, 1.165) is 5.56 Å². The van der Waals surface area contributed by atoms with Crippen LogP contribution in [0.15, 0.2) is 24.3 Å². The highest BCUT2D eigenvalue weighted by atomic mass is 35.5. The lowest BCUT2D eigenvalue weighted by Gasteiger charge is -2.18. The molecule has 1 aromatic heterocycles. The molecular formula is C16H17ClN4. The predicted octanol–water partition coefficient (Wildman–Crippen LogP) is 4.35. The molecule has 0 unspecified atom stereocenters. The molecular weight excluding hydrogens is 284 g/mol. The topological polar surface area (TPSA) is 61.6 Å². The van der Waals surface area contributed by atoms with E-state index in [-0.39, 0.29) is 5.41 Å². The third-order valence-electron chi connectivity index (χ3n) is 3.01. The fourth-order valence-corrected chi connectivity index (χ4v) is 2.06. The zero-order valence-electron chi connectivity index (χ0n) is 12.5. The van der Waals surface area contributed by atoms with Crippen molar-refractivity contribution < 1.29 is 0 Å². The Kier molecular flexibility index (Phi) is 4.15. The minimum Gasteiger partial charge on any atom is -0.339 e. The van der Waals surface area contributed by atoms with Crippen LogP contribution in [0, 0.1) is 18.3 Å². The summed E-state index contributed by atoms with van der Waals surface area (Å²) in [6.45, 7) is 7.97. The smallest absolute Gasteiger partial charge is 0.137 e. The van der Waals surface area contributed by atoms with Crippen molar-refractivity contribution in [1.82, 2.24) is 9.97 Å². The van der Waals surface area contributed by atoms with E-state index in [1.807, 2.05) is 45.9 Å². The van der Waals surface area contributed by atoms with Crippen molar-refractivity contribution in [3.8, 4) is 6.07 Å². The standard InChI is InChI=1S/C16H17ClN4/c1-10-6-5-7-12(11(10)9-18)19-14-8-13(17)20-15(21-14)16(2,3)4/h5-8H,1-4H3,(H,19,20,21). The first-order valence-corrected chi connectivity index (χ1v) is 7.01. The van der Waals surface area contributed by atoms with Crippen LogP contribution in [0.4, 0.5) is 11.5 Å². The molecule has 0 radical (unpaired) electrons. The normalized spacial score (nSPS) is 11.0. The molecule has 0 amide bonds. The lowest BCUT2D eigenvalue weighted by molar-refractivity contribution is 0.546. The van der Waals surface area contributed by atoms with Gasteiger partial charge >= 0.3 is 0 Å². The van der Waals surface area contributed by atoms with E-state index in [1.54, 1.807) is 6.07 Å². The Morgan fingerprint density at radius 1 is 1.24 bits per heavy atom. The molecule has 21 heavy (non-hydrogen) atoms. The van der Waals surface area contributed by atoms with Gasteiger partial charge in [-0.05, 0) is 18.6 Å².